The molecular weight excluding hydrogens is 499 g/mol. The summed E-state index contributed by atoms with van der Waals surface area (Å²) >= 11 is 1.70. The van der Waals surface area contributed by atoms with Gasteiger partial charge >= 0.3 is 0 Å². The maximum absolute atomic E-state index is 10.5. The molecule has 0 aliphatic rings. The van der Waals surface area contributed by atoms with Gasteiger partial charge in [0.15, 0.2) is 3.79 Å². The fraction of sp³-hybridized carbons (Fsp3) is 0.593. The van der Waals surface area contributed by atoms with Crippen LogP contribution in [0.15, 0.2) is 42.5 Å². The quantitative estimate of drug-likeness (QED) is 0.155. The molecule has 0 bridgehead atoms. The Morgan fingerprint density at radius 2 is 1.32 bits per heavy atom. The van der Waals surface area contributed by atoms with Crippen LogP contribution < -0.4 is 0 Å². The molecule has 0 radical (unpaired) electrons. The van der Waals surface area contributed by atoms with Gasteiger partial charge in [0.2, 0.25) is 0 Å². The lowest BCUT2D eigenvalue weighted by molar-refractivity contribution is -0.120. The van der Waals surface area contributed by atoms with Crippen molar-refractivity contribution in [1.82, 2.24) is 0 Å². The Labute approximate surface area is 206 Å². The topological polar surface area (TPSA) is 51.2 Å². The number of Topliss-reactive ketones (excluding diaryl/α,β-unsaturated/α-hetero) is 1. The van der Waals surface area contributed by atoms with Gasteiger partial charge in [-0.2, -0.15) is 0 Å². The molecule has 1 unspecified atom stereocenters. The van der Waals surface area contributed by atoms with E-state index >= 15 is 0 Å². The summed E-state index contributed by atoms with van der Waals surface area (Å²) in [7, 11) is 0. The number of aldehydes is 1. The summed E-state index contributed by atoms with van der Waals surface area (Å²) in [6, 6.07) is 10.5. The van der Waals surface area contributed by atoms with Crippen LogP contribution in [0, 0.1) is 11.8 Å². The first-order valence-corrected chi connectivity index (χ1v) is 12.1. The van der Waals surface area contributed by atoms with Crippen molar-refractivity contribution in [3.63, 3.8) is 0 Å². The average Bonchev–Trinajstić information content (AvgIpc) is 2.66. The van der Waals surface area contributed by atoms with Crippen molar-refractivity contribution in [3.8, 4) is 0 Å². The van der Waals surface area contributed by atoms with Gasteiger partial charge in [0.25, 0.3) is 0 Å². The zero-order chi connectivity index (χ0) is 25.4. The molecule has 0 saturated heterocycles. The van der Waals surface area contributed by atoms with Gasteiger partial charge in [-0.3, -0.25) is 9.59 Å². The highest BCUT2D eigenvalue weighted by atomic mass is 127. The first-order valence-electron chi connectivity index (χ1n) is 11.0. The molecule has 180 valence electrons. The molecule has 0 aliphatic carbocycles. The van der Waals surface area contributed by atoms with Crippen LogP contribution in [0.4, 0.5) is 0 Å². The summed E-state index contributed by atoms with van der Waals surface area (Å²) in [4.78, 5) is 29.8. The van der Waals surface area contributed by atoms with Gasteiger partial charge in [0.1, 0.15) is 12.1 Å². The zero-order valence-electron chi connectivity index (χ0n) is 21.6. The lowest BCUT2D eigenvalue weighted by Crippen LogP contribution is -2.05. The van der Waals surface area contributed by atoms with E-state index in [0.29, 0.717) is 18.8 Å². The Morgan fingerprint density at radius 1 is 0.968 bits per heavy atom. The van der Waals surface area contributed by atoms with Gasteiger partial charge in [0.05, 0.1) is 0 Å². The minimum atomic E-state index is 0.0511. The minimum Gasteiger partial charge on any atom is -0.303 e. The average molecular weight is 547 g/mol. The van der Waals surface area contributed by atoms with Crippen LogP contribution in [-0.4, -0.2) is 15.9 Å². The van der Waals surface area contributed by atoms with Gasteiger partial charge in [-0.05, 0) is 67.2 Å². The van der Waals surface area contributed by atoms with Crippen LogP contribution in [-0.2, 0) is 14.4 Å². The van der Waals surface area contributed by atoms with E-state index in [-0.39, 0.29) is 15.5 Å². The molecule has 1 aromatic rings. The summed E-state index contributed by atoms with van der Waals surface area (Å²) in [6.45, 7) is 23.5. The van der Waals surface area contributed by atoms with Crippen molar-refractivity contribution < 1.29 is 14.4 Å². The molecule has 1 rings (SSSR count). The van der Waals surface area contributed by atoms with Crippen LogP contribution in [0.3, 0.4) is 0 Å². The summed E-state index contributed by atoms with van der Waals surface area (Å²) in [5, 5.41) is 0. The van der Waals surface area contributed by atoms with Gasteiger partial charge < -0.3 is 4.79 Å². The van der Waals surface area contributed by atoms with Crippen molar-refractivity contribution in [2.45, 2.75) is 94.4 Å². The van der Waals surface area contributed by atoms with Crippen molar-refractivity contribution in [3.05, 3.63) is 48.0 Å². The molecule has 0 spiro atoms. The number of allylic oxidation sites excluding steroid dienone is 1. The number of hydrogen-bond acceptors (Lipinski definition) is 3. The molecule has 1 aromatic carbocycles. The van der Waals surface area contributed by atoms with E-state index in [9.17, 15) is 14.4 Å². The summed E-state index contributed by atoms with van der Waals surface area (Å²) in [5.74, 6) is 1.76. The molecule has 0 aliphatic heterocycles. The van der Waals surface area contributed by atoms with Gasteiger partial charge in [-0.25, -0.2) is 0 Å². The highest BCUT2D eigenvalue weighted by Gasteiger charge is 2.05. The van der Waals surface area contributed by atoms with Crippen molar-refractivity contribution in [1.29, 1.82) is 0 Å². The SMILES string of the molecule is C=C(C)C.CC(=O)C(C)CCC=O.CC(=O)I.CC(C)c1ccccc1.CCC(C)C. The Kier molecular flexibility index (Phi) is 31.9. The molecule has 3 nitrogen and oxygen atoms in total. The number of benzene rings is 1. The van der Waals surface area contributed by atoms with Crippen molar-refractivity contribution >= 4 is 38.5 Å². The number of rotatable bonds is 6. The fourth-order valence-corrected chi connectivity index (χ4v) is 1.36. The van der Waals surface area contributed by atoms with E-state index < -0.39 is 0 Å². The van der Waals surface area contributed by atoms with Crippen molar-refractivity contribution in [2.75, 3.05) is 0 Å². The number of halogens is 1. The third-order valence-electron chi connectivity index (χ3n) is 3.69. The minimum absolute atomic E-state index is 0.0511. The van der Waals surface area contributed by atoms with Gasteiger partial charge in [-0.15, -0.1) is 6.58 Å². The highest BCUT2D eigenvalue weighted by molar-refractivity contribution is 14.1. The van der Waals surface area contributed by atoms with Crippen LogP contribution in [0.25, 0.3) is 0 Å². The van der Waals surface area contributed by atoms with E-state index in [1.165, 1.54) is 24.5 Å². The lowest BCUT2D eigenvalue weighted by atomic mass is 10.0. The molecule has 0 fully saturated rings. The largest absolute Gasteiger partial charge is 0.303 e. The fourth-order valence-electron chi connectivity index (χ4n) is 1.36. The van der Waals surface area contributed by atoms with E-state index in [1.54, 1.807) is 29.5 Å². The second-order valence-corrected chi connectivity index (χ2v) is 9.82. The van der Waals surface area contributed by atoms with E-state index in [4.69, 9.17) is 0 Å². The maximum atomic E-state index is 10.5. The third kappa shape index (κ3) is 47.7. The molecule has 0 amide bonds. The van der Waals surface area contributed by atoms with Crippen LogP contribution >= 0.6 is 22.6 Å². The second-order valence-electron chi connectivity index (χ2n) is 8.30. The molecule has 1 atom stereocenters. The molecule has 0 N–H and O–H groups in total. The molecule has 31 heavy (non-hydrogen) atoms. The molecule has 0 saturated carbocycles. The van der Waals surface area contributed by atoms with Crippen molar-refractivity contribution in [2.24, 2.45) is 11.8 Å². The van der Waals surface area contributed by atoms with E-state index in [2.05, 4.69) is 65.5 Å². The molecule has 0 aromatic heterocycles. The third-order valence-corrected chi connectivity index (χ3v) is 3.69. The van der Waals surface area contributed by atoms with Crippen LogP contribution in [0.1, 0.15) is 100.0 Å². The predicted molar refractivity (Wildman–Crippen MR) is 146 cm³/mol. The predicted octanol–water partition coefficient (Wildman–Crippen LogP) is 8.60. The van der Waals surface area contributed by atoms with Crippen LogP contribution in [0.2, 0.25) is 0 Å². The molecule has 4 heteroatoms. The number of carbonyl (C=O) groups excluding carboxylic acids is 3. The number of carbonyl (C=O) groups is 3. The molecule has 0 heterocycles. The highest BCUT2D eigenvalue weighted by Crippen LogP contribution is 2.11. The normalized spacial score (nSPS) is 9.84. The smallest absolute Gasteiger partial charge is 0.189 e. The van der Waals surface area contributed by atoms with E-state index in [1.807, 2.05) is 26.8 Å². The van der Waals surface area contributed by atoms with Gasteiger partial charge in [0, 0.05) is 19.3 Å². The van der Waals surface area contributed by atoms with Gasteiger partial charge in [-0.1, -0.05) is 83.9 Å². The summed E-state index contributed by atoms with van der Waals surface area (Å²) in [5.41, 5.74) is 2.58. The Bertz CT molecular complexity index is 543. The monoisotopic (exact) mass is 546 g/mol. The standard InChI is InChI=1S/C9H12.C7H12O2.C5H12.C4H8.C2H3IO/c1-8(2)9-6-4-3-5-7-9;1-6(7(2)9)4-3-5-8;1-4-5(2)3;1-4(2)3;1-2(3)4/h3-8H,1-2H3;5-6H,3-4H2,1-2H3;5H,4H2,1-3H3;1H2,2-3H3;1H3. The number of ketones is 1. The Hall–Kier alpha value is -1.30. The maximum Gasteiger partial charge on any atom is 0.189 e. The lowest BCUT2D eigenvalue weighted by Gasteiger charge is -2.01. The zero-order valence-corrected chi connectivity index (χ0v) is 23.8. The summed E-state index contributed by atoms with van der Waals surface area (Å²) in [6.07, 6.45) is 3.35. The summed E-state index contributed by atoms with van der Waals surface area (Å²) < 4.78 is 0.137. The van der Waals surface area contributed by atoms with Crippen LogP contribution in [0.5, 0.6) is 0 Å². The Balaban J connectivity index is -0.000000155. The first kappa shape index (κ1) is 37.0. The first-order chi connectivity index (χ1) is 14.2. The second kappa shape index (κ2) is 26.7. The Morgan fingerprint density at radius 3 is 1.52 bits per heavy atom. The molecular formula is C27H47IO3. The number of hydrogen-bond donors (Lipinski definition) is 0. The van der Waals surface area contributed by atoms with E-state index in [0.717, 1.165) is 12.2 Å².